The van der Waals surface area contributed by atoms with Gasteiger partial charge in [-0.05, 0) is 61.0 Å². The monoisotopic (exact) mass is 434 g/mol. The molecule has 0 spiro atoms. The van der Waals surface area contributed by atoms with Crippen molar-refractivity contribution in [3.05, 3.63) is 89.4 Å². The molecular weight excluding hydrogens is 412 g/mol. The topological polar surface area (TPSA) is 58.6 Å². The van der Waals surface area contributed by atoms with Crippen molar-refractivity contribution in [1.29, 1.82) is 0 Å². The maximum absolute atomic E-state index is 12.7. The molecule has 1 aliphatic heterocycles. The van der Waals surface area contributed by atoms with Gasteiger partial charge in [0.25, 0.3) is 0 Å². The molecule has 6 heteroatoms. The Morgan fingerprint density at radius 2 is 1.61 bits per heavy atom. The first-order valence-corrected chi connectivity index (χ1v) is 10.6. The van der Waals surface area contributed by atoms with Crippen LogP contribution in [0.3, 0.4) is 0 Å². The minimum absolute atomic E-state index is 0.00298. The first kappa shape index (κ1) is 20.9. The summed E-state index contributed by atoms with van der Waals surface area (Å²) in [5, 5.41) is 3.56. The Hall–Kier alpha value is -3.31. The van der Waals surface area contributed by atoms with Crippen LogP contribution < -0.4 is 10.1 Å². The van der Waals surface area contributed by atoms with Crippen molar-refractivity contribution in [1.82, 2.24) is 4.90 Å². The number of hydrogen-bond donors (Lipinski definition) is 1. The second kappa shape index (κ2) is 9.23. The van der Waals surface area contributed by atoms with Crippen molar-refractivity contribution in [2.75, 3.05) is 11.9 Å². The molecule has 0 bridgehead atoms. The smallest absolute Gasteiger partial charge is 0.229 e. The molecule has 2 amide bonds. The van der Waals surface area contributed by atoms with Gasteiger partial charge in [-0.3, -0.25) is 9.59 Å². The van der Waals surface area contributed by atoms with Crippen LogP contribution in [-0.2, 0) is 9.59 Å². The van der Waals surface area contributed by atoms with Crippen LogP contribution in [0, 0.1) is 5.92 Å². The summed E-state index contributed by atoms with van der Waals surface area (Å²) in [7, 11) is 0. The number of halogens is 1. The van der Waals surface area contributed by atoms with Crippen molar-refractivity contribution in [3.63, 3.8) is 0 Å². The van der Waals surface area contributed by atoms with Gasteiger partial charge in [-0.2, -0.15) is 0 Å². The van der Waals surface area contributed by atoms with Crippen LogP contribution in [-0.4, -0.2) is 23.3 Å². The van der Waals surface area contributed by atoms with Crippen LogP contribution in [0.15, 0.2) is 78.9 Å². The minimum atomic E-state index is -0.372. The lowest BCUT2D eigenvalue weighted by Gasteiger charge is -2.25. The predicted octanol–water partition coefficient (Wildman–Crippen LogP) is 5.68. The van der Waals surface area contributed by atoms with Crippen molar-refractivity contribution in [3.8, 4) is 11.5 Å². The molecule has 5 nitrogen and oxygen atoms in total. The fraction of sp³-hybridized carbons (Fsp3) is 0.200. The molecule has 0 unspecified atom stereocenters. The molecule has 158 valence electrons. The lowest BCUT2D eigenvalue weighted by molar-refractivity contribution is -0.129. The third kappa shape index (κ3) is 5.06. The maximum atomic E-state index is 12.7. The van der Waals surface area contributed by atoms with Gasteiger partial charge in [0.05, 0.1) is 12.0 Å². The highest BCUT2D eigenvalue weighted by atomic mass is 35.5. The van der Waals surface area contributed by atoms with Crippen molar-refractivity contribution in [2.24, 2.45) is 5.92 Å². The molecule has 0 saturated carbocycles. The second-order valence-electron chi connectivity index (χ2n) is 7.60. The van der Waals surface area contributed by atoms with Crippen molar-refractivity contribution in [2.45, 2.75) is 19.4 Å². The number of benzene rings is 3. The number of anilines is 1. The number of hydrogen-bond acceptors (Lipinski definition) is 3. The molecule has 4 rings (SSSR count). The summed E-state index contributed by atoms with van der Waals surface area (Å²) in [6, 6.07) is 24.0. The molecule has 1 N–H and O–H groups in total. The van der Waals surface area contributed by atoms with E-state index in [1.165, 1.54) is 0 Å². The SMILES string of the molecule is C[C@H](c1ccccc1)N1C[C@H](C(=O)Nc2ccc(Oc3ccc(Cl)cc3)cc2)CC1=O. The lowest BCUT2D eigenvalue weighted by atomic mass is 10.1. The van der Waals surface area contributed by atoms with E-state index in [1.807, 2.05) is 37.3 Å². The fourth-order valence-electron chi connectivity index (χ4n) is 3.68. The Balaban J connectivity index is 1.35. The predicted molar refractivity (Wildman–Crippen MR) is 121 cm³/mol. The van der Waals surface area contributed by atoms with Gasteiger partial charge in [-0.1, -0.05) is 41.9 Å². The number of nitrogens with zero attached hydrogens (tertiary/aromatic N) is 1. The first-order chi connectivity index (χ1) is 15.0. The summed E-state index contributed by atoms with van der Waals surface area (Å²) in [5.74, 6) is 0.812. The molecule has 3 aromatic carbocycles. The summed E-state index contributed by atoms with van der Waals surface area (Å²) in [6.45, 7) is 2.41. The highest BCUT2D eigenvalue weighted by Crippen LogP contribution is 2.29. The van der Waals surface area contributed by atoms with Crippen LogP contribution in [0.4, 0.5) is 5.69 Å². The highest BCUT2D eigenvalue weighted by Gasteiger charge is 2.37. The van der Waals surface area contributed by atoms with E-state index in [9.17, 15) is 9.59 Å². The van der Waals surface area contributed by atoms with Gasteiger partial charge in [0.15, 0.2) is 0 Å². The van der Waals surface area contributed by atoms with Crippen LogP contribution in [0.2, 0.25) is 5.02 Å². The largest absolute Gasteiger partial charge is 0.457 e. The number of carbonyl (C=O) groups excluding carboxylic acids is 2. The lowest BCUT2D eigenvalue weighted by Crippen LogP contribution is -2.30. The summed E-state index contributed by atoms with van der Waals surface area (Å²) in [4.78, 5) is 27.0. The molecule has 1 heterocycles. The number of ether oxygens (including phenoxy) is 1. The van der Waals surface area contributed by atoms with Crippen LogP contribution in [0.1, 0.15) is 24.9 Å². The van der Waals surface area contributed by atoms with Crippen LogP contribution in [0.5, 0.6) is 11.5 Å². The van der Waals surface area contributed by atoms with E-state index in [0.717, 1.165) is 5.56 Å². The zero-order valence-electron chi connectivity index (χ0n) is 17.1. The van der Waals surface area contributed by atoms with Gasteiger partial charge < -0.3 is 15.0 Å². The third-order valence-electron chi connectivity index (χ3n) is 5.45. The van der Waals surface area contributed by atoms with E-state index in [4.69, 9.17) is 16.3 Å². The molecule has 3 aromatic rings. The molecule has 0 aromatic heterocycles. The van der Waals surface area contributed by atoms with Gasteiger partial charge in [0.2, 0.25) is 11.8 Å². The molecule has 0 aliphatic carbocycles. The molecule has 1 aliphatic rings. The van der Waals surface area contributed by atoms with Gasteiger partial charge in [-0.25, -0.2) is 0 Å². The second-order valence-corrected chi connectivity index (χ2v) is 8.04. The first-order valence-electron chi connectivity index (χ1n) is 10.2. The fourth-order valence-corrected chi connectivity index (χ4v) is 3.81. The summed E-state index contributed by atoms with van der Waals surface area (Å²) >= 11 is 5.88. The van der Waals surface area contributed by atoms with Crippen LogP contribution >= 0.6 is 11.6 Å². The average Bonchev–Trinajstić information content (AvgIpc) is 3.18. The maximum Gasteiger partial charge on any atom is 0.229 e. The minimum Gasteiger partial charge on any atom is -0.457 e. The Bertz CT molecular complexity index is 1050. The van der Waals surface area contributed by atoms with Gasteiger partial charge in [0.1, 0.15) is 11.5 Å². The van der Waals surface area contributed by atoms with Gasteiger partial charge >= 0.3 is 0 Å². The average molecular weight is 435 g/mol. The van der Waals surface area contributed by atoms with E-state index < -0.39 is 0 Å². The summed E-state index contributed by atoms with van der Waals surface area (Å²) in [5.41, 5.74) is 1.73. The Morgan fingerprint density at radius 1 is 1.00 bits per heavy atom. The highest BCUT2D eigenvalue weighted by molar-refractivity contribution is 6.30. The van der Waals surface area contributed by atoms with Crippen LogP contribution in [0.25, 0.3) is 0 Å². The standard InChI is InChI=1S/C25H23ClN2O3/c1-17(18-5-3-2-4-6-18)28-16-19(15-24(28)29)25(30)27-21-9-13-23(14-10-21)31-22-11-7-20(26)8-12-22/h2-14,17,19H,15-16H2,1H3,(H,27,30)/t17-,19-/m1/s1. The summed E-state index contributed by atoms with van der Waals surface area (Å²) in [6.07, 6.45) is 0.223. The number of carbonyl (C=O) groups is 2. The van der Waals surface area contributed by atoms with E-state index in [-0.39, 0.29) is 30.2 Å². The number of amides is 2. The van der Waals surface area contributed by atoms with E-state index in [2.05, 4.69) is 5.32 Å². The van der Waals surface area contributed by atoms with E-state index in [1.54, 1.807) is 53.4 Å². The quantitative estimate of drug-likeness (QED) is 0.543. The van der Waals surface area contributed by atoms with Crippen molar-refractivity contribution >= 4 is 29.1 Å². The molecule has 1 fully saturated rings. The van der Waals surface area contributed by atoms with E-state index in [0.29, 0.717) is 28.8 Å². The number of likely N-dealkylation sites (tertiary alicyclic amines) is 1. The van der Waals surface area contributed by atoms with Gasteiger partial charge in [0, 0.05) is 23.7 Å². The van der Waals surface area contributed by atoms with Crippen molar-refractivity contribution < 1.29 is 14.3 Å². The Kier molecular flexibility index (Phi) is 6.23. The Labute approximate surface area is 186 Å². The summed E-state index contributed by atoms with van der Waals surface area (Å²) < 4.78 is 5.77. The normalized spacial score (nSPS) is 16.8. The zero-order chi connectivity index (χ0) is 21.8. The Morgan fingerprint density at radius 3 is 2.26 bits per heavy atom. The molecule has 31 heavy (non-hydrogen) atoms. The third-order valence-corrected chi connectivity index (χ3v) is 5.70. The number of nitrogens with one attached hydrogen (secondary N) is 1. The molecule has 0 radical (unpaired) electrons. The molecular formula is C25H23ClN2O3. The number of rotatable bonds is 6. The molecule has 1 saturated heterocycles. The van der Waals surface area contributed by atoms with E-state index >= 15 is 0 Å². The molecule has 2 atom stereocenters. The zero-order valence-corrected chi connectivity index (χ0v) is 17.9. The van der Waals surface area contributed by atoms with Gasteiger partial charge in [-0.15, -0.1) is 0 Å².